The molecule has 0 unspecified atom stereocenters. The van der Waals surface area contributed by atoms with E-state index in [1.54, 1.807) is 0 Å². The molecule has 0 bridgehead atoms. The van der Waals surface area contributed by atoms with Crippen LogP contribution in [0.4, 0.5) is 5.69 Å². The molecular weight excluding hydrogens is 288 g/mol. The standard InChI is InChI=1S/C14H12N4O4/c1-9(12-8-11(18(21)22)2-3-13(12)19)16-17-14(20)10-4-6-15-7-5-10/h2-8,19H,1H3,(H,17,20)/b16-9-. The van der Waals surface area contributed by atoms with Crippen molar-refractivity contribution < 1.29 is 14.8 Å². The third kappa shape index (κ3) is 3.42. The van der Waals surface area contributed by atoms with Crippen molar-refractivity contribution in [2.24, 2.45) is 5.10 Å². The highest BCUT2D eigenvalue weighted by Crippen LogP contribution is 2.23. The lowest BCUT2D eigenvalue weighted by Crippen LogP contribution is -2.19. The normalized spacial score (nSPS) is 11.0. The number of nitro benzene ring substituents is 1. The third-order valence-corrected chi connectivity index (χ3v) is 2.85. The van der Waals surface area contributed by atoms with Crippen LogP contribution in [0.5, 0.6) is 5.75 Å². The Bertz CT molecular complexity index is 744. The fraction of sp³-hybridized carbons (Fsp3) is 0.0714. The molecule has 0 atom stereocenters. The third-order valence-electron chi connectivity index (χ3n) is 2.85. The number of amides is 1. The Kier molecular flexibility index (Phi) is 4.42. The van der Waals surface area contributed by atoms with Crippen LogP contribution in [0.3, 0.4) is 0 Å². The summed E-state index contributed by atoms with van der Waals surface area (Å²) in [6.45, 7) is 1.52. The van der Waals surface area contributed by atoms with E-state index in [0.717, 1.165) is 0 Å². The number of pyridine rings is 1. The van der Waals surface area contributed by atoms with Gasteiger partial charge in [-0.2, -0.15) is 5.10 Å². The molecule has 112 valence electrons. The molecule has 8 nitrogen and oxygen atoms in total. The van der Waals surface area contributed by atoms with Crippen LogP contribution >= 0.6 is 0 Å². The van der Waals surface area contributed by atoms with Gasteiger partial charge >= 0.3 is 0 Å². The monoisotopic (exact) mass is 300 g/mol. The van der Waals surface area contributed by atoms with Gasteiger partial charge in [0.05, 0.1) is 10.6 Å². The SMILES string of the molecule is C/C(=N/NC(=O)c1ccncc1)c1cc([N+](=O)[O-])ccc1O. The zero-order valence-electron chi connectivity index (χ0n) is 11.6. The molecule has 2 N–H and O–H groups in total. The van der Waals surface area contributed by atoms with Crippen LogP contribution in [0.25, 0.3) is 0 Å². The molecule has 1 aromatic carbocycles. The zero-order valence-corrected chi connectivity index (χ0v) is 11.6. The number of aromatic nitrogens is 1. The van der Waals surface area contributed by atoms with Crippen molar-refractivity contribution in [2.75, 3.05) is 0 Å². The Balaban J connectivity index is 2.21. The molecular formula is C14H12N4O4. The Hall–Kier alpha value is -3.29. The summed E-state index contributed by atoms with van der Waals surface area (Å²) in [5.41, 5.74) is 2.92. The number of phenols is 1. The highest BCUT2D eigenvalue weighted by molar-refractivity contribution is 6.03. The lowest BCUT2D eigenvalue weighted by molar-refractivity contribution is -0.384. The Morgan fingerprint density at radius 1 is 1.32 bits per heavy atom. The average Bonchev–Trinajstić information content (AvgIpc) is 2.53. The number of nitro groups is 1. The quantitative estimate of drug-likeness (QED) is 0.507. The van der Waals surface area contributed by atoms with E-state index < -0.39 is 10.8 Å². The van der Waals surface area contributed by atoms with Gasteiger partial charge < -0.3 is 5.11 Å². The van der Waals surface area contributed by atoms with Crippen molar-refractivity contribution in [1.82, 2.24) is 10.4 Å². The molecule has 2 rings (SSSR count). The molecule has 2 aromatic rings. The number of hydrazone groups is 1. The first-order chi connectivity index (χ1) is 10.5. The number of nitrogens with one attached hydrogen (secondary N) is 1. The van der Waals surface area contributed by atoms with Gasteiger partial charge in [-0.05, 0) is 25.1 Å². The average molecular weight is 300 g/mol. The number of phenolic OH excluding ortho intramolecular Hbond substituents is 1. The van der Waals surface area contributed by atoms with Gasteiger partial charge in [0.1, 0.15) is 5.75 Å². The van der Waals surface area contributed by atoms with E-state index >= 15 is 0 Å². The van der Waals surface area contributed by atoms with E-state index in [-0.39, 0.29) is 22.7 Å². The topological polar surface area (TPSA) is 118 Å². The number of rotatable bonds is 4. The maximum absolute atomic E-state index is 11.8. The fourth-order valence-electron chi connectivity index (χ4n) is 1.69. The predicted molar refractivity (Wildman–Crippen MR) is 78.7 cm³/mol. The van der Waals surface area contributed by atoms with Crippen molar-refractivity contribution in [3.8, 4) is 5.75 Å². The summed E-state index contributed by atoms with van der Waals surface area (Å²) in [5, 5.41) is 24.3. The van der Waals surface area contributed by atoms with Gasteiger partial charge in [0.2, 0.25) is 0 Å². The van der Waals surface area contributed by atoms with E-state index in [9.17, 15) is 20.0 Å². The van der Waals surface area contributed by atoms with Gasteiger partial charge in [0.25, 0.3) is 11.6 Å². The first-order valence-electron chi connectivity index (χ1n) is 6.21. The van der Waals surface area contributed by atoms with Gasteiger partial charge in [-0.25, -0.2) is 5.43 Å². The number of nitrogens with zero attached hydrogens (tertiary/aromatic N) is 3. The summed E-state index contributed by atoms with van der Waals surface area (Å²) in [5.74, 6) is -0.614. The molecule has 0 spiro atoms. The minimum absolute atomic E-state index is 0.162. The molecule has 1 aromatic heterocycles. The lowest BCUT2D eigenvalue weighted by atomic mass is 10.1. The van der Waals surface area contributed by atoms with Crippen LogP contribution in [0.1, 0.15) is 22.8 Å². The molecule has 0 aliphatic heterocycles. The van der Waals surface area contributed by atoms with Crippen LogP contribution in [0.2, 0.25) is 0 Å². The molecule has 22 heavy (non-hydrogen) atoms. The molecule has 1 heterocycles. The van der Waals surface area contributed by atoms with Crippen LogP contribution in [-0.2, 0) is 0 Å². The Morgan fingerprint density at radius 2 is 2.00 bits per heavy atom. The Labute approximate surface area is 125 Å². The van der Waals surface area contributed by atoms with Gasteiger partial charge in [0, 0.05) is 35.7 Å². The summed E-state index contributed by atoms with van der Waals surface area (Å²) in [6.07, 6.45) is 2.94. The van der Waals surface area contributed by atoms with Crippen molar-refractivity contribution in [1.29, 1.82) is 0 Å². The molecule has 0 radical (unpaired) electrons. The molecule has 1 amide bonds. The first kappa shape index (κ1) is 15.1. The molecule has 8 heteroatoms. The number of hydrogen-bond donors (Lipinski definition) is 2. The van der Waals surface area contributed by atoms with Crippen LogP contribution in [0.15, 0.2) is 47.8 Å². The number of carbonyl (C=O) groups is 1. The van der Waals surface area contributed by atoms with Gasteiger partial charge in [-0.1, -0.05) is 0 Å². The van der Waals surface area contributed by atoms with Gasteiger partial charge in [0.15, 0.2) is 0 Å². The number of aromatic hydroxyl groups is 1. The first-order valence-corrected chi connectivity index (χ1v) is 6.21. The number of hydrogen-bond acceptors (Lipinski definition) is 6. The smallest absolute Gasteiger partial charge is 0.271 e. The highest BCUT2D eigenvalue weighted by Gasteiger charge is 2.13. The summed E-state index contributed by atoms with van der Waals surface area (Å²) < 4.78 is 0. The van der Waals surface area contributed by atoms with E-state index in [2.05, 4.69) is 15.5 Å². The number of non-ortho nitro benzene ring substituents is 1. The second-order valence-corrected chi connectivity index (χ2v) is 4.33. The number of carbonyl (C=O) groups excluding carboxylic acids is 1. The Morgan fingerprint density at radius 3 is 2.64 bits per heavy atom. The zero-order chi connectivity index (χ0) is 16.1. The second kappa shape index (κ2) is 6.44. The maximum atomic E-state index is 11.8. The van der Waals surface area contributed by atoms with Gasteiger partial charge in [-0.3, -0.25) is 19.9 Å². The molecule has 0 fully saturated rings. The van der Waals surface area contributed by atoms with Crippen molar-refractivity contribution >= 4 is 17.3 Å². The van der Waals surface area contributed by atoms with Crippen LogP contribution < -0.4 is 5.43 Å². The summed E-state index contributed by atoms with van der Waals surface area (Å²) >= 11 is 0. The fourth-order valence-corrected chi connectivity index (χ4v) is 1.69. The minimum atomic E-state index is -0.578. The summed E-state index contributed by atoms with van der Waals surface area (Å²) in [4.78, 5) is 25.8. The second-order valence-electron chi connectivity index (χ2n) is 4.33. The van der Waals surface area contributed by atoms with E-state index in [4.69, 9.17) is 0 Å². The molecule has 0 saturated carbocycles. The van der Waals surface area contributed by atoms with Crippen LogP contribution in [-0.4, -0.2) is 26.6 Å². The highest BCUT2D eigenvalue weighted by atomic mass is 16.6. The summed E-state index contributed by atoms with van der Waals surface area (Å²) in [7, 11) is 0. The van der Waals surface area contributed by atoms with E-state index in [1.165, 1.54) is 49.6 Å². The molecule has 0 saturated heterocycles. The maximum Gasteiger partial charge on any atom is 0.271 e. The number of benzene rings is 1. The van der Waals surface area contributed by atoms with E-state index in [1.807, 2.05) is 0 Å². The largest absolute Gasteiger partial charge is 0.507 e. The van der Waals surface area contributed by atoms with Crippen molar-refractivity contribution in [3.05, 3.63) is 64.0 Å². The van der Waals surface area contributed by atoms with Gasteiger partial charge in [-0.15, -0.1) is 0 Å². The van der Waals surface area contributed by atoms with Crippen LogP contribution in [0, 0.1) is 10.1 Å². The van der Waals surface area contributed by atoms with Crippen molar-refractivity contribution in [3.63, 3.8) is 0 Å². The predicted octanol–water partition coefficient (Wildman–Crippen LogP) is 1.85. The van der Waals surface area contributed by atoms with E-state index in [0.29, 0.717) is 5.56 Å². The van der Waals surface area contributed by atoms with Crippen molar-refractivity contribution in [2.45, 2.75) is 6.92 Å². The lowest BCUT2D eigenvalue weighted by Gasteiger charge is -2.05. The molecule has 0 aliphatic rings. The molecule has 0 aliphatic carbocycles. The summed E-state index contributed by atoms with van der Waals surface area (Å²) in [6, 6.07) is 6.61. The minimum Gasteiger partial charge on any atom is -0.507 e.